The first kappa shape index (κ1) is 20.6. The zero-order valence-corrected chi connectivity index (χ0v) is 18.7. The van der Waals surface area contributed by atoms with Gasteiger partial charge in [-0.15, -0.1) is 0 Å². The molecule has 2 aromatic heterocycles. The molecular formula is C20H21Cl2N3O2Si. The minimum atomic E-state index is -2.03. The minimum absolute atomic E-state index is 0.138. The summed E-state index contributed by atoms with van der Waals surface area (Å²) in [5.74, 6) is 0.301. The van der Waals surface area contributed by atoms with Crippen LogP contribution in [0.1, 0.15) is 21.7 Å². The zero-order valence-electron chi connectivity index (χ0n) is 16.2. The summed E-state index contributed by atoms with van der Waals surface area (Å²) in [7, 11) is -2.03. The van der Waals surface area contributed by atoms with Crippen LogP contribution in [0, 0.1) is 6.92 Å². The number of rotatable bonds is 5. The Labute approximate surface area is 175 Å². The van der Waals surface area contributed by atoms with E-state index in [0.29, 0.717) is 39.2 Å². The predicted molar refractivity (Wildman–Crippen MR) is 114 cm³/mol. The van der Waals surface area contributed by atoms with Crippen LogP contribution in [0.4, 0.5) is 0 Å². The van der Waals surface area contributed by atoms with Crippen molar-refractivity contribution in [2.75, 3.05) is 0 Å². The third kappa shape index (κ3) is 4.14. The second-order valence-electron chi connectivity index (χ2n) is 7.48. The van der Waals surface area contributed by atoms with Gasteiger partial charge in [-0.3, -0.25) is 9.78 Å². The number of carbonyl (C=O) groups is 1. The van der Waals surface area contributed by atoms with E-state index in [1.165, 1.54) is 0 Å². The first-order chi connectivity index (χ1) is 13.2. The Morgan fingerprint density at radius 3 is 2.29 bits per heavy atom. The van der Waals surface area contributed by atoms with Crippen molar-refractivity contribution in [3.63, 3.8) is 0 Å². The average Bonchev–Trinajstić information content (AvgIpc) is 3.00. The average molecular weight is 434 g/mol. The maximum Gasteiger partial charge on any atom is 0.252 e. The van der Waals surface area contributed by atoms with Crippen LogP contribution in [0.25, 0.3) is 11.3 Å². The summed E-state index contributed by atoms with van der Waals surface area (Å²) in [4.78, 5) is 17.7. The van der Waals surface area contributed by atoms with Gasteiger partial charge in [-0.1, -0.05) is 54.1 Å². The normalized spacial score (nSPS) is 11.5. The van der Waals surface area contributed by atoms with Crippen LogP contribution in [-0.2, 0) is 6.54 Å². The standard InChI is InChI=1S/C20H21Cl2N3O2Si/c1-13-17(19(24-27-13)18-15(21)6-5-7-16(18)22)20(26)25(28(2,3)4)12-14-8-10-23-11-9-14/h5-11H,12H2,1-4H3. The summed E-state index contributed by atoms with van der Waals surface area (Å²) in [5.41, 5.74) is 2.28. The second-order valence-corrected chi connectivity index (χ2v) is 13.2. The third-order valence-electron chi connectivity index (χ3n) is 4.42. The van der Waals surface area contributed by atoms with E-state index >= 15 is 0 Å². The van der Waals surface area contributed by atoms with E-state index in [9.17, 15) is 4.79 Å². The van der Waals surface area contributed by atoms with E-state index in [1.807, 2.05) is 16.7 Å². The molecule has 1 amide bonds. The van der Waals surface area contributed by atoms with E-state index in [2.05, 4.69) is 29.8 Å². The Morgan fingerprint density at radius 2 is 1.71 bits per heavy atom. The van der Waals surface area contributed by atoms with Gasteiger partial charge >= 0.3 is 0 Å². The fourth-order valence-electron chi connectivity index (χ4n) is 2.94. The Bertz CT molecular complexity index is 980. The Morgan fingerprint density at radius 1 is 1.11 bits per heavy atom. The Kier molecular flexibility index (Phi) is 5.93. The van der Waals surface area contributed by atoms with Crippen molar-refractivity contribution in [3.8, 4) is 11.3 Å². The van der Waals surface area contributed by atoms with Crippen molar-refractivity contribution in [1.29, 1.82) is 0 Å². The minimum Gasteiger partial charge on any atom is -0.362 e. The van der Waals surface area contributed by atoms with Crippen LogP contribution in [0.3, 0.4) is 0 Å². The van der Waals surface area contributed by atoms with Gasteiger partial charge in [0, 0.05) is 24.5 Å². The highest BCUT2D eigenvalue weighted by Gasteiger charge is 2.34. The van der Waals surface area contributed by atoms with Gasteiger partial charge in [0.25, 0.3) is 5.91 Å². The number of aromatic nitrogens is 2. The maximum absolute atomic E-state index is 13.7. The third-order valence-corrected chi connectivity index (χ3v) is 7.03. The molecule has 5 nitrogen and oxygen atoms in total. The predicted octanol–water partition coefficient (Wildman–Crippen LogP) is 5.83. The van der Waals surface area contributed by atoms with Crippen LogP contribution in [0.5, 0.6) is 0 Å². The molecule has 0 saturated carbocycles. The van der Waals surface area contributed by atoms with Gasteiger partial charge in [-0.2, -0.15) is 0 Å². The smallest absolute Gasteiger partial charge is 0.252 e. The number of nitrogens with zero attached hydrogens (tertiary/aromatic N) is 3. The summed E-state index contributed by atoms with van der Waals surface area (Å²) in [6, 6.07) is 9.00. The monoisotopic (exact) mass is 433 g/mol. The topological polar surface area (TPSA) is 59.2 Å². The summed E-state index contributed by atoms with van der Waals surface area (Å²) in [5, 5.41) is 4.95. The van der Waals surface area contributed by atoms with Crippen molar-refractivity contribution >= 4 is 37.3 Å². The number of hydrogen-bond acceptors (Lipinski definition) is 4. The van der Waals surface area contributed by atoms with Gasteiger partial charge in [0.15, 0.2) is 8.24 Å². The SMILES string of the molecule is Cc1onc(-c2c(Cl)cccc2Cl)c1C(=O)N(Cc1ccncc1)[Si](C)(C)C. The van der Waals surface area contributed by atoms with Gasteiger partial charge in [0.2, 0.25) is 0 Å². The molecule has 0 radical (unpaired) electrons. The molecule has 3 aromatic rings. The lowest BCUT2D eigenvalue weighted by atomic mass is 10.1. The van der Waals surface area contributed by atoms with Crippen LogP contribution in [0.15, 0.2) is 47.2 Å². The number of aryl methyl sites for hydroxylation is 1. The quantitative estimate of drug-likeness (QED) is 0.474. The molecule has 0 atom stereocenters. The molecule has 146 valence electrons. The Balaban J connectivity index is 2.09. The highest BCUT2D eigenvalue weighted by molar-refractivity contribution is 6.75. The summed E-state index contributed by atoms with van der Waals surface area (Å²) in [6.45, 7) is 8.58. The molecule has 0 unspecified atom stereocenters. The maximum atomic E-state index is 13.7. The summed E-state index contributed by atoms with van der Waals surface area (Å²) in [6.07, 6.45) is 3.45. The summed E-state index contributed by atoms with van der Waals surface area (Å²) >= 11 is 12.7. The van der Waals surface area contributed by atoms with Gasteiger partial charge in [0.05, 0.1) is 10.0 Å². The van der Waals surface area contributed by atoms with Crippen LogP contribution in [0.2, 0.25) is 29.7 Å². The lowest BCUT2D eigenvalue weighted by molar-refractivity contribution is 0.0842. The lowest BCUT2D eigenvalue weighted by Gasteiger charge is -2.34. The number of carbonyl (C=O) groups excluding carboxylic acids is 1. The van der Waals surface area contributed by atoms with Gasteiger partial charge in [0.1, 0.15) is 17.0 Å². The summed E-state index contributed by atoms with van der Waals surface area (Å²) < 4.78 is 7.30. The van der Waals surface area contributed by atoms with Crippen molar-refractivity contribution in [3.05, 3.63) is 69.7 Å². The number of hydrogen-bond donors (Lipinski definition) is 0. The number of amides is 1. The molecule has 8 heteroatoms. The number of benzene rings is 1. The molecular weight excluding hydrogens is 413 g/mol. The number of pyridine rings is 1. The first-order valence-corrected chi connectivity index (χ1v) is 13.0. The molecule has 0 bridgehead atoms. The molecule has 0 spiro atoms. The lowest BCUT2D eigenvalue weighted by Crippen LogP contribution is -2.49. The molecule has 2 heterocycles. The molecule has 1 aromatic carbocycles. The van der Waals surface area contributed by atoms with Crippen LogP contribution < -0.4 is 0 Å². The molecule has 0 N–H and O–H groups in total. The number of halogens is 2. The largest absolute Gasteiger partial charge is 0.362 e. The fraction of sp³-hybridized carbons (Fsp3) is 0.250. The van der Waals surface area contributed by atoms with E-state index in [0.717, 1.165) is 5.56 Å². The fourth-order valence-corrected chi connectivity index (χ4v) is 4.89. The highest BCUT2D eigenvalue weighted by Crippen LogP contribution is 2.37. The zero-order chi connectivity index (χ0) is 20.5. The molecule has 28 heavy (non-hydrogen) atoms. The first-order valence-electron chi connectivity index (χ1n) is 8.81. The van der Waals surface area contributed by atoms with Crippen molar-refractivity contribution in [2.45, 2.75) is 33.1 Å². The molecule has 0 aliphatic carbocycles. The van der Waals surface area contributed by atoms with Crippen molar-refractivity contribution in [2.24, 2.45) is 0 Å². The molecule has 0 aliphatic heterocycles. The van der Waals surface area contributed by atoms with Gasteiger partial charge in [-0.25, -0.2) is 0 Å². The van der Waals surface area contributed by atoms with E-state index < -0.39 is 8.24 Å². The molecule has 0 fully saturated rings. The van der Waals surface area contributed by atoms with E-state index in [-0.39, 0.29) is 5.91 Å². The highest BCUT2D eigenvalue weighted by atomic mass is 35.5. The molecule has 0 saturated heterocycles. The van der Waals surface area contributed by atoms with Gasteiger partial charge < -0.3 is 9.09 Å². The van der Waals surface area contributed by atoms with Gasteiger partial charge in [-0.05, 0) is 36.8 Å². The molecule has 3 rings (SSSR count). The van der Waals surface area contributed by atoms with Crippen molar-refractivity contribution in [1.82, 2.24) is 14.7 Å². The van der Waals surface area contributed by atoms with E-state index in [1.54, 1.807) is 37.5 Å². The Hall–Kier alpha value is -2.15. The van der Waals surface area contributed by atoms with Crippen molar-refractivity contribution < 1.29 is 9.32 Å². The molecule has 0 aliphatic rings. The second kappa shape index (κ2) is 8.07. The van der Waals surface area contributed by atoms with Crippen LogP contribution in [-0.4, -0.2) is 28.8 Å². The van der Waals surface area contributed by atoms with Crippen LogP contribution >= 0.6 is 23.2 Å². The van der Waals surface area contributed by atoms with E-state index in [4.69, 9.17) is 27.7 Å².